The largest absolute Gasteiger partial charge is 0.484 e. The fraction of sp³-hybridized carbons (Fsp3) is 0.393. The Balaban J connectivity index is 1.22. The van der Waals surface area contributed by atoms with Crippen molar-refractivity contribution < 1.29 is 33.3 Å². The molecule has 5 rings (SSSR count). The molecule has 2 aromatic heterocycles. The number of ether oxygens (including phenoxy) is 1. The van der Waals surface area contributed by atoms with Crippen molar-refractivity contribution in [2.45, 2.75) is 43.8 Å². The fourth-order valence-electron chi connectivity index (χ4n) is 4.89. The normalized spacial score (nSPS) is 22.3. The van der Waals surface area contributed by atoms with Crippen LogP contribution in [0.1, 0.15) is 29.9 Å². The molecule has 1 unspecified atom stereocenters. The maximum absolute atomic E-state index is 14.8. The van der Waals surface area contributed by atoms with E-state index in [0.717, 1.165) is 16.9 Å². The lowest BCUT2D eigenvalue weighted by Gasteiger charge is -2.38. The summed E-state index contributed by atoms with van der Waals surface area (Å²) in [5, 5.41) is 21.3. The predicted molar refractivity (Wildman–Crippen MR) is 140 cm³/mol. The van der Waals surface area contributed by atoms with Crippen LogP contribution in [-0.4, -0.2) is 79.7 Å². The summed E-state index contributed by atoms with van der Waals surface area (Å²) in [6, 6.07) is 10.5. The highest BCUT2D eigenvalue weighted by Gasteiger charge is 2.48. The zero-order chi connectivity index (χ0) is 28.4. The molecule has 1 aliphatic carbocycles. The van der Waals surface area contributed by atoms with Gasteiger partial charge in [0.05, 0.1) is 18.8 Å². The molecule has 3 heterocycles. The Labute approximate surface area is 229 Å². The number of halogens is 2. The fourth-order valence-corrected chi connectivity index (χ4v) is 4.89. The topological polar surface area (TPSA) is 138 Å². The van der Waals surface area contributed by atoms with Gasteiger partial charge in [-0.1, -0.05) is 6.07 Å². The third-order valence-corrected chi connectivity index (χ3v) is 7.20. The number of aliphatic hydroxyl groups is 2. The molecule has 4 atom stereocenters. The van der Waals surface area contributed by atoms with Gasteiger partial charge >= 0.3 is 5.92 Å². The molecule has 1 saturated heterocycles. The third-order valence-electron chi connectivity index (χ3n) is 7.20. The number of carbonyl (C=O) groups excluding carboxylic acids is 2. The zero-order valence-corrected chi connectivity index (χ0v) is 21.7. The number of alkyl halides is 2. The number of hydrogen-bond acceptors (Lipinski definition) is 8. The second-order valence-corrected chi connectivity index (χ2v) is 10.1. The number of pyridine rings is 1. The number of benzene rings is 1. The summed E-state index contributed by atoms with van der Waals surface area (Å²) in [4.78, 5) is 38.1. The maximum Gasteiger partial charge on any atom is 0.301 e. The predicted octanol–water partition coefficient (Wildman–Crippen LogP) is 2.56. The summed E-state index contributed by atoms with van der Waals surface area (Å²) in [6.45, 7) is -0.0565. The van der Waals surface area contributed by atoms with Crippen LogP contribution in [0.2, 0.25) is 0 Å². The summed E-state index contributed by atoms with van der Waals surface area (Å²) < 4.78 is 35.3. The molecule has 1 aromatic carbocycles. The van der Waals surface area contributed by atoms with Gasteiger partial charge in [0.15, 0.2) is 12.2 Å². The summed E-state index contributed by atoms with van der Waals surface area (Å²) in [5.74, 6) is -3.81. The molecular weight excluding hydrogens is 524 g/mol. The molecule has 10 nitrogen and oxygen atoms in total. The van der Waals surface area contributed by atoms with Gasteiger partial charge in [0.1, 0.15) is 17.9 Å². The van der Waals surface area contributed by atoms with Crippen LogP contribution >= 0.6 is 0 Å². The van der Waals surface area contributed by atoms with E-state index in [1.165, 1.54) is 6.33 Å². The van der Waals surface area contributed by atoms with E-state index in [0.29, 0.717) is 22.6 Å². The van der Waals surface area contributed by atoms with Crippen molar-refractivity contribution in [1.82, 2.24) is 19.9 Å². The number of rotatable bonds is 8. The van der Waals surface area contributed by atoms with Crippen LogP contribution in [0, 0.1) is 12.8 Å². The molecule has 0 radical (unpaired) electrons. The highest BCUT2D eigenvalue weighted by molar-refractivity contribution is 5.94. The number of aromatic nitrogens is 3. The van der Waals surface area contributed by atoms with Gasteiger partial charge in [-0.2, -0.15) is 0 Å². The van der Waals surface area contributed by atoms with Gasteiger partial charge in [0.2, 0.25) is 5.91 Å². The maximum atomic E-state index is 14.8. The van der Waals surface area contributed by atoms with E-state index >= 15 is 0 Å². The summed E-state index contributed by atoms with van der Waals surface area (Å²) in [6.07, 6.45) is 2.22. The van der Waals surface area contributed by atoms with E-state index < -0.39 is 37.2 Å². The number of likely N-dealkylation sites (tertiary alicyclic amines) is 1. The number of carbonyl (C=O) groups is 2. The number of aliphatic hydroxyl groups excluding tert-OH is 2. The van der Waals surface area contributed by atoms with E-state index in [4.69, 9.17) is 9.84 Å². The molecule has 0 spiro atoms. The average molecular weight is 554 g/mol. The monoisotopic (exact) mass is 553 g/mol. The van der Waals surface area contributed by atoms with Gasteiger partial charge in [-0.15, -0.1) is 0 Å². The zero-order valence-electron chi connectivity index (χ0n) is 21.7. The lowest BCUT2D eigenvalue weighted by Crippen LogP contribution is -2.57. The van der Waals surface area contributed by atoms with Gasteiger partial charge in [0, 0.05) is 42.9 Å². The summed E-state index contributed by atoms with van der Waals surface area (Å²) in [7, 11) is 0. The minimum Gasteiger partial charge on any atom is -0.484 e. The van der Waals surface area contributed by atoms with Crippen LogP contribution in [0.3, 0.4) is 0 Å². The van der Waals surface area contributed by atoms with Crippen molar-refractivity contribution in [3.05, 3.63) is 66.2 Å². The number of hydrogen-bond donors (Lipinski definition) is 3. The van der Waals surface area contributed by atoms with Crippen molar-refractivity contribution in [2.24, 2.45) is 5.92 Å². The van der Waals surface area contributed by atoms with Crippen LogP contribution in [0.15, 0.2) is 55.1 Å². The van der Waals surface area contributed by atoms with Crippen molar-refractivity contribution in [3.8, 4) is 17.0 Å². The summed E-state index contributed by atoms with van der Waals surface area (Å²) >= 11 is 0. The number of piperidine rings is 1. The molecule has 210 valence electrons. The Hall–Kier alpha value is -4.03. The van der Waals surface area contributed by atoms with Crippen molar-refractivity contribution >= 4 is 17.6 Å². The second kappa shape index (κ2) is 11.2. The standard InChI is InChI=1S/C28H29F2N5O5/c1-16-9-17(4-5-23(16)40-24-6-8-35(14-28(24,29)30)27(39)22(37)13-36)21-11-25(33-15-32-21)34-26(38)20-10-19(20)18-3-2-7-31-12-18/h2-5,7,9,11-12,15,19-20,22,24,36-37H,6,8,10,13-14H2,1H3,(H,32,33,34,38)/t19-,20?,22+,24+/m1/s1. The highest BCUT2D eigenvalue weighted by atomic mass is 19.3. The summed E-state index contributed by atoms with van der Waals surface area (Å²) in [5.41, 5.74) is 2.86. The minimum atomic E-state index is -3.36. The Morgan fingerprint density at radius 2 is 2.08 bits per heavy atom. The van der Waals surface area contributed by atoms with Crippen LogP contribution in [-0.2, 0) is 9.59 Å². The molecule has 3 aromatic rings. The molecular formula is C28H29F2N5O5. The number of anilines is 1. The van der Waals surface area contributed by atoms with Crippen LogP contribution < -0.4 is 10.1 Å². The van der Waals surface area contributed by atoms with E-state index in [2.05, 4.69) is 20.3 Å². The molecule has 12 heteroatoms. The highest BCUT2D eigenvalue weighted by Crippen LogP contribution is 2.47. The van der Waals surface area contributed by atoms with Crippen molar-refractivity contribution in [3.63, 3.8) is 0 Å². The first-order chi connectivity index (χ1) is 19.2. The van der Waals surface area contributed by atoms with Crippen LogP contribution in [0.5, 0.6) is 5.75 Å². The number of nitrogens with one attached hydrogen (secondary N) is 1. The van der Waals surface area contributed by atoms with Crippen molar-refractivity contribution in [1.29, 1.82) is 0 Å². The molecule has 3 N–H and O–H groups in total. The Morgan fingerprint density at radius 3 is 2.77 bits per heavy atom. The first kappa shape index (κ1) is 27.5. The Morgan fingerprint density at radius 1 is 1.25 bits per heavy atom. The minimum absolute atomic E-state index is 0.0352. The molecule has 1 aliphatic heterocycles. The average Bonchev–Trinajstić information content (AvgIpc) is 3.76. The molecule has 2 aliphatic rings. The van der Waals surface area contributed by atoms with E-state index in [1.807, 2.05) is 12.1 Å². The number of nitrogens with zero attached hydrogens (tertiary/aromatic N) is 4. The molecule has 0 bridgehead atoms. The van der Waals surface area contributed by atoms with Gasteiger partial charge in [-0.05, 0) is 54.7 Å². The van der Waals surface area contributed by atoms with Crippen LogP contribution in [0.4, 0.5) is 14.6 Å². The van der Waals surface area contributed by atoms with Crippen molar-refractivity contribution in [2.75, 3.05) is 25.0 Å². The van der Waals surface area contributed by atoms with Crippen LogP contribution in [0.25, 0.3) is 11.3 Å². The lowest BCUT2D eigenvalue weighted by atomic mass is 10.0. The van der Waals surface area contributed by atoms with E-state index in [9.17, 15) is 23.5 Å². The Kier molecular flexibility index (Phi) is 7.72. The van der Waals surface area contributed by atoms with Gasteiger partial charge in [-0.25, -0.2) is 18.7 Å². The van der Waals surface area contributed by atoms with Gasteiger partial charge in [0.25, 0.3) is 5.91 Å². The quantitative estimate of drug-likeness (QED) is 0.387. The Bertz CT molecular complexity index is 1390. The number of amides is 2. The SMILES string of the molecule is Cc1cc(-c2cc(NC(=O)C3C[C@@H]3c3cccnc3)ncn2)ccc1O[C@H]1CCN(C(=O)[C@@H](O)CO)CC1(F)F. The van der Waals surface area contributed by atoms with E-state index in [-0.39, 0.29) is 36.5 Å². The molecule has 2 fully saturated rings. The third kappa shape index (κ3) is 5.92. The van der Waals surface area contributed by atoms with E-state index in [1.54, 1.807) is 43.6 Å². The lowest BCUT2D eigenvalue weighted by molar-refractivity contribution is -0.167. The number of aryl methyl sites for hydroxylation is 1. The van der Waals surface area contributed by atoms with Gasteiger partial charge in [-0.3, -0.25) is 14.6 Å². The smallest absolute Gasteiger partial charge is 0.301 e. The molecule has 2 amide bonds. The second-order valence-electron chi connectivity index (χ2n) is 10.1. The first-order valence-electron chi connectivity index (χ1n) is 12.9. The first-order valence-corrected chi connectivity index (χ1v) is 12.9. The van der Waals surface area contributed by atoms with Gasteiger partial charge < -0.3 is 25.2 Å². The molecule has 40 heavy (non-hydrogen) atoms. The molecule has 1 saturated carbocycles.